The van der Waals surface area contributed by atoms with Crippen LogP contribution < -0.4 is 20.7 Å². The second-order valence-corrected chi connectivity index (χ2v) is 10.2. The maximum absolute atomic E-state index is 13.5. The van der Waals surface area contributed by atoms with E-state index in [2.05, 4.69) is 0 Å². The molecule has 4 aromatic carbocycles. The van der Waals surface area contributed by atoms with Gasteiger partial charge in [-0.25, -0.2) is 9.59 Å². The molecule has 2 N–H and O–H groups in total. The number of ether oxygens (including phenoxy) is 2. The van der Waals surface area contributed by atoms with E-state index < -0.39 is 17.2 Å². The van der Waals surface area contributed by atoms with Crippen molar-refractivity contribution in [1.82, 2.24) is 0 Å². The maximum Gasteiger partial charge on any atom is 0.344 e. The lowest BCUT2D eigenvalue weighted by molar-refractivity contribution is 0.269. The second-order valence-electron chi connectivity index (χ2n) is 9.75. The van der Waals surface area contributed by atoms with Crippen LogP contribution in [-0.2, 0) is 6.61 Å². The predicted octanol–water partition coefficient (Wildman–Crippen LogP) is 7.12. The molecule has 0 saturated carbocycles. The number of halogens is 1. The zero-order valence-corrected chi connectivity index (χ0v) is 23.6. The molecule has 0 bridgehead atoms. The molecule has 2 aromatic heterocycles. The molecule has 0 atom stereocenters. The van der Waals surface area contributed by atoms with Crippen molar-refractivity contribution in [2.24, 2.45) is 0 Å². The van der Waals surface area contributed by atoms with E-state index in [1.807, 2.05) is 18.2 Å². The smallest absolute Gasteiger partial charge is 0.344 e. The largest absolute Gasteiger partial charge is 0.507 e. The first-order valence-corrected chi connectivity index (χ1v) is 13.9. The summed E-state index contributed by atoms with van der Waals surface area (Å²) >= 11 is 6.30. The molecule has 216 valence electrons. The third kappa shape index (κ3) is 5.17. The minimum Gasteiger partial charge on any atom is -0.507 e. The molecule has 9 heteroatoms. The van der Waals surface area contributed by atoms with Crippen LogP contribution in [0.3, 0.4) is 0 Å². The quantitative estimate of drug-likeness (QED) is 0.178. The summed E-state index contributed by atoms with van der Waals surface area (Å²) in [5.74, 6) is -1.39. The van der Waals surface area contributed by atoms with Crippen molar-refractivity contribution in [3.8, 4) is 23.0 Å². The Morgan fingerprint density at radius 2 is 1.28 bits per heavy atom. The highest BCUT2D eigenvalue weighted by Crippen LogP contribution is 2.44. The van der Waals surface area contributed by atoms with Gasteiger partial charge in [0.05, 0.1) is 34.4 Å². The molecule has 0 spiro atoms. The van der Waals surface area contributed by atoms with Gasteiger partial charge in [-0.05, 0) is 55.0 Å². The molecule has 0 radical (unpaired) electrons. The van der Waals surface area contributed by atoms with Crippen LogP contribution in [0, 0.1) is 0 Å². The minimum atomic E-state index is -1.31. The van der Waals surface area contributed by atoms with E-state index in [1.165, 1.54) is 0 Å². The zero-order valence-electron chi connectivity index (χ0n) is 22.9. The van der Waals surface area contributed by atoms with E-state index in [-0.39, 0.29) is 57.8 Å². The van der Waals surface area contributed by atoms with Gasteiger partial charge < -0.3 is 28.5 Å². The number of hydrogen-bond donors (Lipinski definition) is 2. The fraction of sp³-hybridized carbons (Fsp3) is 0.118. The van der Waals surface area contributed by atoms with Crippen molar-refractivity contribution >= 4 is 33.5 Å². The van der Waals surface area contributed by atoms with Gasteiger partial charge in [-0.15, -0.1) is 0 Å². The number of rotatable bonds is 8. The predicted molar refractivity (Wildman–Crippen MR) is 163 cm³/mol. The van der Waals surface area contributed by atoms with Crippen LogP contribution in [0.4, 0.5) is 0 Å². The summed E-state index contributed by atoms with van der Waals surface area (Å²) in [6.07, 6.45) is 0. The Labute approximate surface area is 249 Å². The van der Waals surface area contributed by atoms with E-state index >= 15 is 0 Å². The standard InChI is InChI=1S/C34H25ClO8/c1-2-40-27-17-19(15-16-26(27)41-18-20-9-3-6-12-23(20)35)28(29-31(36)21-10-4-7-13-24(21)42-33(29)38)30-32(37)22-11-5-8-14-25(22)43-34(30)39/h3-17,28,36-37H,2,18H2,1H3. The number of aromatic hydroxyl groups is 2. The molecule has 2 heterocycles. The van der Waals surface area contributed by atoms with Crippen LogP contribution in [-0.4, -0.2) is 16.8 Å². The van der Waals surface area contributed by atoms with Gasteiger partial charge in [0, 0.05) is 10.6 Å². The summed E-state index contributed by atoms with van der Waals surface area (Å²) < 4.78 is 23.1. The molecule has 6 rings (SSSR count). The Kier molecular flexibility index (Phi) is 7.52. The summed E-state index contributed by atoms with van der Waals surface area (Å²) in [6.45, 7) is 2.24. The van der Waals surface area contributed by atoms with Gasteiger partial charge in [0.15, 0.2) is 11.5 Å². The van der Waals surface area contributed by atoms with E-state index in [4.69, 9.17) is 29.9 Å². The Bertz CT molecular complexity index is 2000. The van der Waals surface area contributed by atoms with Crippen LogP contribution >= 0.6 is 11.6 Å². The van der Waals surface area contributed by atoms with Crippen molar-refractivity contribution in [3.63, 3.8) is 0 Å². The summed E-state index contributed by atoms with van der Waals surface area (Å²) in [5, 5.41) is 23.9. The number of fused-ring (bicyclic) bond motifs is 2. The molecular weight excluding hydrogens is 572 g/mol. The van der Waals surface area contributed by atoms with Crippen LogP contribution in [0.15, 0.2) is 109 Å². The molecule has 0 aliphatic carbocycles. The SMILES string of the molecule is CCOc1cc(C(c2c(O)c3ccccc3oc2=O)c2c(O)c3ccccc3oc2=O)ccc1OCc1ccccc1Cl. The van der Waals surface area contributed by atoms with Gasteiger partial charge in [-0.1, -0.05) is 60.1 Å². The molecular formula is C34H25ClO8. The molecule has 0 aliphatic rings. The first-order chi connectivity index (χ1) is 20.9. The van der Waals surface area contributed by atoms with E-state index in [1.54, 1.807) is 79.7 Å². The Morgan fingerprint density at radius 3 is 1.86 bits per heavy atom. The van der Waals surface area contributed by atoms with Gasteiger partial charge >= 0.3 is 11.3 Å². The molecule has 0 amide bonds. The first-order valence-electron chi connectivity index (χ1n) is 13.5. The summed E-state index contributed by atoms with van der Waals surface area (Å²) in [5.41, 5.74) is -0.820. The fourth-order valence-electron chi connectivity index (χ4n) is 5.15. The molecule has 0 saturated heterocycles. The Balaban J connectivity index is 1.57. The monoisotopic (exact) mass is 596 g/mol. The van der Waals surface area contributed by atoms with Crippen molar-refractivity contribution < 1.29 is 28.5 Å². The average molecular weight is 597 g/mol. The second kappa shape index (κ2) is 11.6. The van der Waals surface area contributed by atoms with Crippen molar-refractivity contribution in [2.45, 2.75) is 19.4 Å². The number of benzene rings is 4. The fourth-order valence-corrected chi connectivity index (χ4v) is 5.34. The van der Waals surface area contributed by atoms with Gasteiger partial charge in [0.25, 0.3) is 0 Å². The molecule has 6 aromatic rings. The third-order valence-electron chi connectivity index (χ3n) is 7.16. The maximum atomic E-state index is 13.5. The molecule has 0 unspecified atom stereocenters. The Morgan fingerprint density at radius 1 is 0.721 bits per heavy atom. The number of para-hydroxylation sites is 2. The molecule has 0 aliphatic heterocycles. The zero-order chi connectivity index (χ0) is 30.1. The lowest BCUT2D eigenvalue weighted by Gasteiger charge is -2.21. The minimum absolute atomic E-state index is 0.159. The number of hydrogen-bond acceptors (Lipinski definition) is 8. The summed E-state index contributed by atoms with van der Waals surface area (Å²) in [6, 6.07) is 25.1. The molecule has 8 nitrogen and oxygen atoms in total. The summed E-state index contributed by atoms with van der Waals surface area (Å²) in [4.78, 5) is 27.0. The average Bonchev–Trinajstić information content (AvgIpc) is 3.00. The van der Waals surface area contributed by atoms with Crippen molar-refractivity contribution in [2.75, 3.05) is 6.61 Å². The van der Waals surface area contributed by atoms with Crippen LogP contribution in [0.2, 0.25) is 5.02 Å². The highest BCUT2D eigenvalue weighted by molar-refractivity contribution is 6.31. The highest BCUT2D eigenvalue weighted by Gasteiger charge is 2.33. The van der Waals surface area contributed by atoms with Gasteiger partial charge in [0.2, 0.25) is 0 Å². The van der Waals surface area contributed by atoms with Crippen LogP contribution in [0.25, 0.3) is 21.9 Å². The van der Waals surface area contributed by atoms with E-state index in [9.17, 15) is 19.8 Å². The van der Waals surface area contributed by atoms with Crippen LogP contribution in [0.1, 0.15) is 35.1 Å². The van der Waals surface area contributed by atoms with E-state index in [0.717, 1.165) is 5.56 Å². The van der Waals surface area contributed by atoms with Crippen molar-refractivity contribution in [1.29, 1.82) is 0 Å². The lowest BCUT2D eigenvalue weighted by atomic mass is 9.84. The van der Waals surface area contributed by atoms with E-state index in [0.29, 0.717) is 22.1 Å². The van der Waals surface area contributed by atoms with Gasteiger partial charge in [-0.3, -0.25) is 0 Å². The summed E-state index contributed by atoms with van der Waals surface area (Å²) in [7, 11) is 0. The topological polar surface area (TPSA) is 119 Å². The highest BCUT2D eigenvalue weighted by atomic mass is 35.5. The Hall–Kier alpha value is -5.21. The first kappa shape index (κ1) is 27.9. The molecule has 43 heavy (non-hydrogen) atoms. The van der Waals surface area contributed by atoms with Crippen molar-refractivity contribution in [3.05, 3.63) is 139 Å². The third-order valence-corrected chi connectivity index (χ3v) is 7.53. The normalized spacial score (nSPS) is 11.3. The van der Waals surface area contributed by atoms with Gasteiger partial charge in [-0.2, -0.15) is 0 Å². The molecule has 0 fully saturated rings. The van der Waals surface area contributed by atoms with Gasteiger partial charge in [0.1, 0.15) is 29.3 Å². The lowest BCUT2D eigenvalue weighted by Crippen LogP contribution is -2.21. The van der Waals surface area contributed by atoms with Crippen LogP contribution in [0.5, 0.6) is 23.0 Å².